The third kappa shape index (κ3) is 4.40. The van der Waals surface area contributed by atoms with Crippen LogP contribution in [0.4, 0.5) is 22.7 Å². The van der Waals surface area contributed by atoms with E-state index >= 15 is 0 Å². The topological polar surface area (TPSA) is 79.9 Å². The van der Waals surface area contributed by atoms with Crippen molar-refractivity contribution in [3.8, 4) is 17.0 Å². The molecule has 0 fully saturated rings. The van der Waals surface area contributed by atoms with Crippen LogP contribution in [-0.2, 0) is 0 Å². The maximum absolute atomic E-state index is 13.1. The Morgan fingerprint density at radius 3 is 2.67 bits per heavy atom. The lowest BCUT2D eigenvalue weighted by molar-refractivity contribution is -0.153. The van der Waals surface area contributed by atoms with Gasteiger partial charge in [-0.25, -0.2) is 9.37 Å². The van der Waals surface area contributed by atoms with E-state index in [0.717, 1.165) is 11.3 Å². The number of thiazole rings is 1. The number of carbonyl (C=O) groups is 1. The van der Waals surface area contributed by atoms with Gasteiger partial charge in [-0.1, -0.05) is 11.3 Å². The molecule has 2 aromatic carbocycles. The molecule has 11 heteroatoms. The second-order valence-corrected chi connectivity index (χ2v) is 7.20. The highest BCUT2D eigenvalue weighted by atomic mass is 32.1. The van der Waals surface area contributed by atoms with Crippen molar-refractivity contribution < 1.29 is 27.1 Å². The molecule has 6 nitrogen and oxygen atoms in total. The molecule has 4 aromatic rings. The average Bonchev–Trinajstić information content (AvgIpc) is 3.32. The van der Waals surface area contributed by atoms with Gasteiger partial charge in [0.25, 0.3) is 5.91 Å². The minimum atomic E-state index is -4.44. The fourth-order valence-electron chi connectivity index (χ4n) is 2.67. The summed E-state index contributed by atoms with van der Waals surface area (Å²) in [5.41, 5.74) is 1.72. The monoisotopic (exact) mass is 436 g/mol. The lowest BCUT2D eigenvalue weighted by Gasteiger charge is -2.08. The fourth-order valence-corrected chi connectivity index (χ4v) is 3.56. The van der Waals surface area contributed by atoms with Crippen LogP contribution < -0.4 is 10.1 Å². The Bertz CT molecular complexity index is 1200. The number of alkyl halides is 3. The van der Waals surface area contributed by atoms with E-state index in [2.05, 4.69) is 20.5 Å². The maximum Gasteiger partial charge on any atom is 0.422 e. The number of H-pyrrole nitrogens is 1. The largest absolute Gasteiger partial charge is 0.484 e. The van der Waals surface area contributed by atoms with Gasteiger partial charge in [0.15, 0.2) is 11.7 Å². The fraction of sp³-hybridized carbons (Fsp3) is 0.105. The number of nitrogens with zero attached hydrogens (tertiary/aromatic N) is 2. The second-order valence-electron chi connectivity index (χ2n) is 6.17. The van der Waals surface area contributed by atoms with Crippen molar-refractivity contribution in [2.24, 2.45) is 0 Å². The molecular weight excluding hydrogens is 424 g/mol. The highest BCUT2D eigenvalue weighted by Crippen LogP contribution is 2.31. The van der Waals surface area contributed by atoms with Crippen molar-refractivity contribution in [1.82, 2.24) is 15.2 Å². The Morgan fingerprint density at radius 1 is 1.17 bits per heavy atom. The molecule has 0 bridgehead atoms. The molecule has 0 aliphatic carbocycles. The molecule has 0 saturated heterocycles. The molecule has 4 rings (SSSR count). The molecule has 0 radical (unpaired) electrons. The Balaban J connectivity index is 1.53. The zero-order valence-corrected chi connectivity index (χ0v) is 15.8. The van der Waals surface area contributed by atoms with E-state index in [1.807, 2.05) is 0 Å². The first kappa shape index (κ1) is 19.8. The number of aromatic nitrogens is 3. The van der Waals surface area contributed by atoms with Gasteiger partial charge in [0, 0.05) is 5.56 Å². The lowest BCUT2D eigenvalue weighted by Crippen LogP contribution is -2.19. The van der Waals surface area contributed by atoms with Crippen LogP contribution in [0.1, 0.15) is 10.4 Å². The minimum absolute atomic E-state index is 0.0507. The van der Waals surface area contributed by atoms with Crippen molar-refractivity contribution in [1.29, 1.82) is 0 Å². The number of hydrogen-bond acceptors (Lipinski definition) is 5. The van der Waals surface area contributed by atoms with Crippen LogP contribution in [0.2, 0.25) is 0 Å². The Hall–Kier alpha value is -3.47. The predicted molar refractivity (Wildman–Crippen MR) is 103 cm³/mol. The molecular formula is C19H12F4N4O2S. The van der Waals surface area contributed by atoms with Crippen molar-refractivity contribution >= 4 is 32.6 Å². The zero-order valence-electron chi connectivity index (χ0n) is 15.0. The van der Waals surface area contributed by atoms with Gasteiger partial charge in [0.1, 0.15) is 11.6 Å². The smallest absolute Gasteiger partial charge is 0.422 e. The summed E-state index contributed by atoms with van der Waals surface area (Å²) < 4.78 is 55.3. The minimum Gasteiger partial charge on any atom is -0.484 e. The first-order valence-electron chi connectivity index (χ1n) is 8.49. The molecule has 0 unspecified atom stereocenters. The molecule has 2 N–H and O–H groups in total. The summed E-state index contributed by atoms with van der Waals surface area (Å²) in [5, 5.41) is 9.49. The standard InChI is InChI=1S/C19H12F4N4O2S/c20-11-3-1-10(2-4-11)16-13(8-24-27-16)17(28)26-18-25-14-6-5-12(7-15(14)30-18)29-9-19(21,22)23/h1-8H,9H2,(H,24,27)(H,25,26,28). The number of anilines is 1. The highest BCUT2D eigenvalue weighted by molar-refractivity contribution is 7.22. The predicted octanol–water partition coefficient (Wildman–Crippen LogP) is 5.02. The van der Waals surface area contributed by atoms with Crippen molar-refractivity contribution in [3.05, 3.63) is 60.0 Å². The quantitative estimate of drug-likeness (QED) is 0.431. The maximum atomic E-state index is 13.1. The van der Waals surface area contributed by atoms with Crippen LogP contribution in [0, 0.1) is 5.82 Å². The van der Waals surface area contributed by atoms with Crippen molar-refractivity contribution in [3.63, 3.8) is 0 Å². The summed E-state index contributed by atoms with van der Waals surface area (Å²) in [4.78, 5) is 16.9. The van der Waals surface area contributed by atoms with Gasteiger partial charge >= 0.3 is 6.18 Å². The Morgan fingerprint density at radius 2 is 1.93 bits per heavy atom. The number of benzene rings is 2. The number of nitrogens with one attached hydrogen (secondary N) is 2. The number of rotatable bonds is 5. The summed E-state index contributed by atoms with van der Waals surface area (Å²) >= 11 is 1.09. The van der Waals surface area contributed by atoms with Crippen LogP contribution in [0.5, 0.6) is 5.75 Å². The summed E-state index contributed by atoms with van der Waals surface area (Å²) in [7, 11) is 0. The SMILES string of the molecule is O=C(Nc1nc2ccc(OCC(F)(F)F)cc2s1)c1cn[nH]c1-c1ccc(F)cc1. The first-order chi connectivity index (χ1) is 14.3. The van der Waals surface area contributed by atoms with Gasteiger partial charge in [-0.3, -0.25) is 15.2 Å². The normalized spacial score (nSPS) is 11.6. The first-order valence-corrected chi connectivity index (χ1v) is 9.31. The Labute approximate surface area is 170 Å². The molecule has 30 heavy (non-hydrogen) atoms. The summed E-state index contributed by atoms with van der Waals surface area (Å²) in [6.45, 7) is -1.40. The molecule has 0 saturated carbocycles. The van der Waals surface area contributed by atoms with Crippen molar-refractivity contribution in [2.75, 3.05) is 11.9 Å². The number of carbonyl (C=O) groups excluding carboxylic acids is 1. The highest BCUT2D eigenvalue weighted by Gasteiger charge is 2.28. The van der Waals surface area contributed by atoms with E-state index in [9.17, 15) is 22.4 Å². The van der Waals surface area contributed by atoms with Gasteiger partial charge in [-0.15, -0.1) is 0 Å². The van der Waals surface area contributed by atoms with Gasteiger partial charge < -0.3 is 4.74 Å². The summed E-state index contributed by atoms with van der Waals surface area (Å²) in [5.74, 6) is -0.845. The van der Waals surface area contributed by atoms with E-state index in [1.54, 1.807) is 0 Å². The zero-order chi connectivity index (χ0) is 21.3. The number of hydrogen-bond donors (Lipinski definition) is 2. The molecule has 2 aromatic heterocycles. The van der Waals surface area contributed by atoms with Gasteiger partial charge in [0.05, 0.1) is 27.7 Å². The van der Waals surface area contributed by atoms with Crippen molar-refractivity contribution in [2.45, 2.75) is 6.18 Å². The molecule has 0 spiro atoms. The molecule has 0 aliphatic rings. The Kier molecular flexibility index (Phi) is 5.12. The molecule has 0 atom stereocenters. The lowest BCUT2D eigenvalue weighted by atomic mass is 10.1. The average molecular weight is 436 g/mol. The number of halogens is 4. The summed E-state index contributed by atoms with van der Waals surface area (Å²) in [6.07, 6.45) is -3.10. The molecule has 1 amide bonds. The third-order valence-corrected chi connectivity index (χ3v) is 4.93. The van der Waals surface area contributed by atoms with Crippen LogP contribution in [0.25, 0.3) is 21.5 Å². The number of aromatic amines is 1. The van der Waals surface area contributed by atoms with E-state index in [0.29, 0.717) is 21.5 Å². The molecule has 154 valence electrons. The third-order valence-electron chi connectivity index (χ3n) is 4.00. The number of fused-ring (bicyclic) bond motifs is 1. The van der Waals surface area contributed by atoms with Gasteiger partial charge in [-0.05, 0) is 42.5 Å². The van der Waals surface area contributed by atoms with E-state index in [4.69, 9.17) is 4.74 Å². The van der Waals surface area contributed by atoms with E-state index in [1.165, 1.54) is 48.7 Å². The molecule has 0 aliphatic heterocycles. The second kappa shape index (κ2) is 7.75. The molecule has 2 heterocycles. The van der Waals surface area contributed by atoms with Gasteiger partial charge in [-0.2, -0.15) is 18.3 Å². The van der Waals surface area contributed by atoms with E-state index in [-0.39, 0.29) is 16.4 Å². The van der Waals surface area contributed by atoms with Crippen LogP contribution in [0.3, 0.4) is 0 Å². The van der Waals surface area contributed by atoms with Gasteiger partial charge in [0.2, 0.25) is 0 Å². The van der Waals surface area contributed by atoms with Crippen LogP contribution >= 0.6 is 11.3 Å². The number of ether oxygens (including phenoxy) is 1. The number of amides is 1. The van der Waals surface area contributed by atoms with Crippen LogP contribution in [0.15, 0.2) is 48.7 Å². The van der Waals surface area contributed by atoms with Crippen LogP contribution in [-0.4, -0.2) is 33.9 Å². The van der Waals surface area contributed by atoms with E-state index < -0.39 is 24.5 Å². The summed E-state index contributed by atoms with van der Waals surface area (Å²) in [6, 6.07) is 9.88.